The normalized spacial score (nSPS) is 11.2. The first kappa shape index (κ1) is 50.3. The first-order valence-electron chi connectivity index (χ1n) is 21.1. The van der Waals surface area contributed by atoms with Crippen molar-refractivity contribution in [3.05, 3.63) is 200 Å². The molecule has 74 heavy (non-hydrogen) atoms. The number of rotatable bonds is 7. The van der Waals surface area contributed by atoms with Crippen molar-refractivity contribution in [3.8, 4) is 17.6 Å². The lowest BCUT2D eigenvalue weighted by atomic mass is 10.1. The first-order chi connectivity index (χ1) is 35.7. The SMILES string of the molecule is Clc1nc(Br)cn2cnnc12.Fc1ccccc1Cc1nc(-c2n[nH]c(C(F)(F)F)n2)cn2cnnc12.Fc1ccccc1Cc1nc(Br)cn2cnnc12.N#Cc1cn2cnnc2c(Cc2ccccc2F)n1. The molecule has 370 valence electrons. The number of aromatic nitrogens is 19. The Kier molecular flexibility index (Phi) is 14.9. The summed E-state index contributed by atoms with van der Waals surface area (Å²) in [6, 6.07) is 21.2. The number of H-pyrrole nitrogens is 1. The Balaban J connectivity index is 0.000000126. The van der Waals surface area contributed by atoms with E-state index in [-0.39, 0.29) is 41.7 Å². The smallest absolute Gasteiger partial charge is 0.285 e. The summed E-state index contributed by atoms with van der Waals surface area (Å²) >= 11 is 12.3. The lowest BCUT2D eigenvalue weighted by Crippen LogP contribution is -2.07. The molecule has 0 amide bonds. The molecule has 0 aliphatic carbocycles. The van der Waals surface area contributed by atoms with Crippen LogP contribution in [-0.2, 0) is 25.4 Å². The Bertz CT molecular complexity index is 3980. The average molecular weight is 1160 g/mol. The highest BCUT2D eigenvalue weighted by atomic mass is 79.9. The van der Waals surface area contributed by atoms with Crippen LogP contribution in [0.3, 0.4) is 0 Å². The number of nitrogens with one attached hydrogen (secondary N) is 1. The van der Waals surface area contributed by atoms with Crippen molar-refractivity contribution in [1.82, 2.24) is 93.5 Å². The third-order valence-corrected chi connectivity index (χ3v) is 11.3. The van der Waals surface area contributed by atoms with E-state index in [1.54, 1.807) is 99.0 Å². The predicted molar refractivity (Wildman–Crippen MR) is 256 cm³/mol. The van der Waals surface area contributed by atoms with Crippen LogP contribution in [0.15, 0.2) is 132 Å². The van der Waals surface area contributed by atoms with Gasteiger partial charge >= 0.3 is 6.18 Å². The predicted octanol–water partition coefficient (Wildman–Crippen LogP) is 8.54. The van der Waals surface area contributed by atoms with E-state index in [1.807, 2.05) is 11.2 Å². The Morgan fingerprint density at radius 3 is 1.43 bits per heavy atom. The Labute approximate surface area is 432 Å². The van der Waals surface area contributed by atoms with Crippen LogP contribution in [0.5, 0.6) is 0 Å². The van der Waals surface area contributed by atoms with E-state index in [2.05, 4.69) is 103 Å². The molecule has 0 aliphatic heterocycles. The molecule has 0 bridgehead atoms. The number of fused-ring (bicyclic) bond motifs is 4. The van der Waals surface area contributed by atoms with E-state index < -0.39 is 17.8 Å². The van der Waals surface area contributed by atoms with Crippen molar-refractivity contribution in [2.24, 2.45) is 0 Å². The monoisotopic (exact) mass is 1150 g/mol. The van der Waals surface area contributed by atoms with Crippen LogP contribution < -0.4 is 0 Å². The maximum Gasteiger partial charge on any atom is 0.451 e. The van der Waals surface area contributed by atoms with E-state index >= 15 is 0 Å². The molecule has 0 unspecified atom stereocenters. The van der Waals surface area contributed by atoms with E-state index in [1.165, 1.54) is 41.5 Å². The number of alkyl halides is 3. The van der Waals surface area contributed by atoms with E-state index in [4.69, 9.17) is 16.9 Å². The summed E-state index contributed by atoms with van der Waals surface area (Å²) in [5.74, 6) is -2.42. The molecule has 0 saturated heterocycles. The van der Waals surface area contributed by atoms with Crippen LogP contribution in [0.1, 0.15) is 45.3 Å². The fraction of sp³-hybridized carbons (Fsp3) is 0.0889. The molecule has 0 fully saturated rings. The van der Waals surface area contributed by atoms with Crippen molar-refractivity contribution < 1.29 is 26.3 Å². The highest BCUT2D eigenvalue weighted by Crippen LogP contribution is 2.28. The quantitative estimate of drug-likeness (QED) is 0.147. The first-order valence-corrected chi connectivity index (χ1v) is 23.0. The van der Waals surface area contributed by atoms with Gasteiger partial charge in [-0.3, -0.25) is 22.7 Å². The number of benzene rings is 3. The molecule has 0 atom stereocenters. The van der Waals surface area contributed by atoms with Crippen LogP contribution in [-0.4, -0.2) is 93.5 Å². The van der Waals surface area contributed by atoms with Gasteiger partial charge in [-0.15, -0.1) is 40.8 Å². The number of hydrogen-bond acceptors (Lipinski definition) is 15. The molecule has 1 N–H and O–H groups in total. The van der Waals surface area contributed by atoms with Crippen LogP contribution >= 0.6 is 43.5 Å². The number of aromatic amines is 1. The van der Waals surface area contributed by atoms with Gasteiger partial charge in [-0.2, -0.15) is 23.5 Å². The van der Waals surface area contributed by atoms with Crippen LogP contribution in [0, 0.1) is 28.8 Å². The summed E-state index contributed by atoms with van der Waals surface area (Å²) in [5.41, 5.74) is 5.45. The van der Waals surface area contributed by atoms with Crippen molar-refractivity contribution in [1.29, 1.82) is 5.26 Å². The number of nitrogens with zero attached hydrogens (tertiary/aromatic N) is 19. The van der Waals surface area contributed by atoms with Gasteiger partial charge in [-0.05, 0) is 66.7 Å². The molecule has 12 aromatic rings. The molecule has 0 aliphatic rings. The summed E-state index contributed by atoms with van der Waals surface area (Å²) in [5, 5.41) is 45.3. The van der Waals surface area contributed by atoms with Gasteiger partial charge in [0.25, 0.3) is 0 Å². The van der Waals surface area contributed by atoms with Gasteiger partial charge < -0.3 is 0 Å². The topological polar surface area (TPSA) is 238 Å². The van der Waals surface area contributed by atoms with Gasteiger partial charge in [0.2, 0.25) is 11.6 Å². The third-order valence-electron chi connectivity index (χ3n) is 10.3. The van der Waals surface area contributed by atoms with Crippen LogP contribution in [0.2, 0.25) is 5.15 Å². The molecule has 20 nitrogen and oxygen atoms in total. The molecule has 9 heterocycles. The molecule has 0 saturated carbocycles. The molecular formula is C45H27Br2ClF6N20. The van der Waals surface area contributed by atoms with E-state index in [0.717, 1.165) is 0 Å². The maximum atomic E-state index is 13.9. The van der Waals surface area contributed by atoms with Gasteiger partial charge in [0.15, 0.2) is 33.4 Å². The second kappa shape index (κ2) is 22.0. The van der Waals surface area contributed by atoms with E-state index in [0.29, 0.717) is 77.1 Å². The van der Waals surface area contributed by atoms with Crippen LogP contribution in [0.25, 0.3) is 34.1 Å². The summed E-state index contributed by atoms with van der Waals surface area (Å²) < 4.78 is 87.2. The second-order valence-electron chi connectivity index (χ2n) is 15.2. The van der Waals surface area contributed by atoms with Gasteiger partial charge in [0, 0.05) is 44.0 Å². The molecule has 0 radical (unpaired) electrons. The van der Waals surface area contributed by atoms with Gasteiger partial charge in [0.05, 0.1) is 17.1 Å². The molecular weight excluding hydrogens is 1130 g/mol. The summed E-state index contributed by atoms with van der Waals surface area (Å²) in [6.45, 7) is 0. The molecule has 29 heteroatoms. The summed E-state index contributed by atoms with van der Waals surface area (Å²) in [6.07, 6.45) is 8.54. The Morgan fingerprint density at radius 2 is 0.959 bits per heavy atom. The minimum atomic E-state index is -4.65. The fourth-order valence-corrected chi connectivity index (χ4v) is 8.09. The van der Waals surface area contributed by atoms with Gasteiger partial charge in [-0.1, -0.05) is 66.2 Å². The number of halogens is 9. The van der Waals surface area contributed by atoms with Crippen molar-refractivity contribution in [3.63, 3.8) is 0 Å². The largest absolute Gasteiger partial charge is 0.451 e. The molecule has 12 rings (SSSR count). The zero-order valence-electron chi connectivity index (χ0n) is 37.1. The molecule has 0 spiro atoms. The Hall–Kier alpha value is -8.68. The summed E-state index contributed by atoms with van der Waals surface area (Å²) in [7, 11) is 0. The van der Waals surface area contributed by atoms with Crippen LogP contribution in [0.4, 0.5) is 26.3 Å². The number of nitriles is 1. The standard InChI is InChI=1S/C15H9F4N7.C13H8FN5.C12H8BrFN4.C5H2BrClN4/c16-9-4-2-1-3-8(9)5-10-13-24-20-7-26(13)6-11(21-10)12-22-14(25-23-12)15(17,18)19;14-11-4-2-1-3-9(11)5-12-13-18-16-8-19(13)7-10(6-15)17-12;13-11-6-18-7-15-17-12(18)10(16-11)5-8-3-1-2-4-9(8)14;6-3-1-11-2-8-10-5(11)4(7)9-3/h1-4,6-7H,5H2,(H,22,23,25);1-4,7-8H,5H2;1-4,6-7H,5H2;1-2H. The molecule has 3 aromatic carbocycles. The lowest BCUT2D eigenvalue weighted by Gasteiger charge is -2.06. The maximum absolute atomic E-state index is 13.9. The third kappa shape index (κ3) is 11.6. The van der Waals surface area contributed by atoms with Crippen molar-refractivity contribution >= 4 is 66.0 Å². The highest BCUT2D eigenvalue weighted by Gasteiger charge is 2.35. The highest BCUT2D eigenvalue weighted by molar-refractivity contribution is 9.10. The minimum Gasteiger partial charge on any atom is -0.285 e. The summed E-state index contributed by atoms with van der Waals surface area (Å²) in [4.78, 5) is 20.1. The number of hydrogen-bond donors (Lipinski definition) is 1. The van der Waals surface area contributed by atoms with E-state index in [9.17, 15) is 26.3 Å². The zero-order chi connectivity index (χ0) is 51.9. The average Bonchev–Trinajstić information content (AvgIpc) is 4.25. The van der Waals surface area contributed by atoms with Gasteiger partial charge in [0.1, 0.15) is 63.7 Å². The van der Waals surface area contributed by atoms with Crippen molar-refractivity contribution in [2.75, 3.05) is 0 Å². The second-order valence-corrected chi connectivity index (χ2v) is 17.2. The Morgan fingerprint density at radius 1 is 0.541 bits per heavy atom. The molecule has 9 aromatic heterocycles. The van der Waals surface area contributed by atoms with Gasteiger partial charge in [-0.25, -0.2) is 38.1 Å². The zero-order valence-corrected chi connectivity index (χ0v) is 41.0. The fourth-order valence-electron chi connectivity index (χ4n) is 6.92. The lowest BCUT2D eigenvalue weighted by molar-refractivity contribution is -0.144. The minimum absolute atomic E-state index is 0.0791. The van der Waals surface area contributed by atoms with Crippen molar-refractivity contribution in [2.45, 2.75) is 25.4 Å².